The van der Waals surface area contributed by atoms with E-state index in [4.69, 9.17) is 29.9 Å². The summed E-state index contributed by atoms with van der Waals surface area (Å²) in [6, 6.07) is 137. The molecule has 0 saturated heterocycles. The Bertz CT molecular complexity index is 7380. The molecule has 0 saturated carbocycles. The van der Waals surface area contributed by atoms with Crippen molar-refractivity contribution in [1.82, 2.24) is 39.0 Å². The Hall–Kier alpha value is -14.4. The van der Waals surface area contributed by atoms with Crippen LogP contribution < -0.4 is 0 Å². The number of aromatic nitrogens is 8. The summed E-state index contributed by atoms with van der Waals surface area (Å²) in [5.41, 5.74) is 21.8. The predicted octanol–water partition coefficient (Wildman–Crippen LogP) is 27.3. The van der Waals surface area contributed by atoms with E-state index in [1.165, 1.54) is 95.1 Å². The highest BCUT2D eigenvalue weighted by Crippen LogP contribution is 2.44. The fourth-order valence-corrected chi connectivity index (χ4v) is 18.2. The lowest BCUT2D eigenvalue weighted by molar-refractivity contribution is 1.07. The SMILES string of the molecule is c1ccc(-c2ccc3c(c2)c2cc(-c4cccc(-c5nc(-c6ccccc6)nc(-c6ccc7c(c6)sc6ccccc67)n5)c4)ccc2n3-c2ccccc2)cc1.c1ccc(-c2cccc(-c3nc(-c4cccc(-c5cccc6c5c5ccccc5n6-c5ccccc5)c4)nc(-c4ccc5c(c4)sc4ccccc45)n3)c2)cc1. The first-order chi connectivity index (χ1) is 55.5. The van der Waals surface area contributed by atoms with Gasteiger partial charge in [0, 0.05) is 107 Å². The van der Waals surface area contributed by atoms with Crippen molar-refractivity contribution in [3.05, 3.63) is 388 Å². The van der Waals surface area contributed by atoms with Crippen molar-refractivity contribution in [3.8, 4) is 124 Å². The van der Waals surface area contributed by atoms with Crippen molar-refractivity contribution in [1.29, 1.82) is 0 Å². The summed E-state index contributed by atoms with van der Waals surface area (Å²) in [5.74, 6) is 3.86. The van der Waals surface area contributed by atoms with Crippen LogP contribution in [-0.4, -0.2) is 39.0 Å². The third-order valence-corrected chi connectivity index (χ3v) is 23.6. The molecule has 0 unspecified atom stereocenters. The molecule has 16 aromatic carbocycles. The van der Waals surface area contributed by atoms with Crippen LogP contribution in [0.4, 0.5) is 0 Å². The smallest absolute Gasteiger partial charge is 0.164 e. The Labute approximate surface area is 653 Å². The van der Waals surface area contributed by atoms with Crippen molar-refractivity contribution in [2.24, 2.45) is 0 Å². The average molecular weight is 1470 g/mol. The Morgan fingerprint density at radius 2 is 0.473 bits per heavy atom. The second kappa shape index (κ2) is 28.0. The summed E-state index contributed by atoms with van der Waals surface area (Å²) >= 11 is 3.60. The van der Waals surface area contributed by atoms with E-state index in [1.54, 1.807) is 22.7 Å². The van der Waals surface area contributed by atoms with Gasteiger partial charge in [-0.1, -0.05) is 285 Å². The number of nitrogens with zero attached hydrogens (tertiary/aromatic N) is 8. The van der Waals surface area contributed by atoms with Crippen molar-refractivity contribution in [2.45, 2.75) is 0 Å². The van der Waals surface area contributed by atoms with Crippen LogP contribution in [-0.2, 0) is 0 Å². The molecule has 0 aliphatic heterocycles. The number of hydrogen-bond donors (Lipinski definition) is 0. The lowest BCUT2D eigenvalue weighted by atomic mass is 9.97. The maximum Gasteiger partial charge on any atom is 0.164 e. The fraction of sp³-hybridized carbons (Fsp3) is 0. The van der Waals surface area contributed by atoms with Crippen LogP contribution in [0.1, 0.15) is 0 Å². The second-order valence-electron chi connectivity index (χ2n) is 28.1. The molecule has 6 aromatic heterocycles. The van der Waals surface area contributed by atoms with Gasteiger partial charge < -0.3 is 9.13 Å². The average Bonchev–Trinajstić information content (AvgIpc) is 1.58. The molecule has 10 heteroatoms. The fourth-order valence-electron chi connectivity index (χ4n) is 16.0. The van der Waals surface area contributed by atoms with Crippen molar-refractivity contribution in [3.63, 3.8) is 0 Å². The molecular weight excluding hydrogens is 1400 g/mol. The summed E-state index contributed by atoms with van der Waals surface area (Å²) in [6.45, 7) is 0. The normalized spacial score (nSPS) is 11.6. The molecule has 0 amide bonds. The van der Waals surface area contributed by atoms with Gasteiger partial charge in [0.05, 0.1) is 22.1 Å². The number of benzene rings is 16. The summed E-state index contributed by atoms with van der Waals surface area (Å²) in [7, 11) is 0. The monoisotopic (exact) mass is 1460 g/mol. The van der Waals surface area contributed by atoms with E-state index in [1.807, 2.05) is 24.3 Å². The first-order valence-electron chi connectivity index (χ1n) is 37.5. The zero-order valence-corrected chi connectivity index (χ0v) is 62.0. The number of thiophene rings is 2. The van der Waals surface area contributed by atoms with Crippen molar-refractivity contribution >= 4 is 107 Å². The molecule has 6 heterocycles. The van der Waals surface area contributed by atoms with E-state index in [0.717, 1.165) is 78.1 Å². The summed E-state index contributed by atoms with van der Waals surface area (Å²) in [6.07, 6.45) is 0. The highest BCUT2D eigenvalue weighted by Gasteiger charge is 2.22. The van der Waals surface area contributed by atoms with Crippen LogP contribution in [0.25, 0.3) is 208 Å². The van der Waals surface area contributed by atoms with Crippen LogP contribution in [0.15, 0.2) is 388 Å². The highest BCUT2D eigenvalue weighted by molar-refractivity contribution is 7.26. The zero-order valence-electron chi connectivity index (χ0n) is 60.3. The zero-order chi connectivity index (χ0) is 74.0. The molecule has 0 fully saturated rings. The number of rotatable bonds is 12. The summed E-state index contributed by atoms with van der Waals surface area (Å²) < 4.78 is 9.70. The standard InChI is InChI=1S/2C51H32N4S/c1-4-13-33(14-5-1)36-24-27-45-43(30-36)44-31-37(25-28-46(44)55(45)40-19-8-3-9-20-40)35-17-12-18-38(29-35)50-52-49(34-15-6-2-7-16-34)53-51(54-50)39-23-26-42-41-21-10-11-22-47(41)56-48(42)32-39;1-3-14-33(15-4-1)34-16-11-18-36(30-34)49-52-50(54-51(53-49)38-28-29-42-41-22-8-10-27-46(41)56-47(42)32-38)37-19-12-17-35(31-37)40-24-13-26-45-48(40)43-23-7-9-25-44(43)55(45)39-20-5-2-6-21-39/h2*1-32H. The maximum absolute atomic E-state index is 5.21. The molecule has 0 atom stereocenters. The van der Waals surface area contributed by atoms with Crippen molar-refractivity contribution in [2.75, 3.05) is 0 Å². The highest BCUT2D eigenvalue weighted by atomic mass is 32.1. The lowest BCUT2D eigenvalue weighted by Gasteiger charge is -2.11. The van der Waals surface area contributed by atoms with Gasteiger partial charge in [0.15, 0.2) is 34.9 Å². The maximum atomic E-state index is 5.21. The van der Waals surface area contributed by atoms with Gasteiger partial charge >= 0.3 is 0 Å². The topological polar surface area (TPSA) is 87.2 Å². The lowest BCUT2D eigenvalue weighted by Crippen LogP contribution is -2.00. The summed E-state index contributed by atoms with van der Waals surface area (Å²) in [5, 5.41) is 9.89. The minimum atomic E-state index is 0.632. The quantitative estimate of drug-likeness (QED) is 0.121. The van der Waals surface area contributed by atoms with Crippen LogP contribution in [0, 0.1) is 0 Å². The van der Waals surface area contributed by atoms with Crippen LogP contribution in [0.5, 0.6) is 0 Å². The van der Waals surface area contributed by atoms with Crippen LogP contribution >= 0.6 is 22.7 Å². The Morgan fingerprint density at radius 1 is 0.170 bits per heavy atom. The largest absolute Gasteiger partial charge is 0.309 e. The Morgan fingerprint density at radius 3 is 0.964 bits per heavy atom. The van der Waals surface area contributed by atoms with Gasteiger partial charge in [0.2, 0.25) is 0 Å². The molecule has 112 heavy (non-hydrogen) atoms. The molecule has 22 aromatic rings. The molecule has 0 aliphatic carbocycles. The van der Waals surface area contributed by atoms with Gasteiger partial charge in [0.1, 0.15) is 0 Å². The van der Waals surface area contributed by atoms with Gasteiger partial charge in [0.25, 0.3) is 0 Å². The van der Waals surface area contributed by atoms with Gasteiger partial charge in [-0.15, -0.1) is 22.7 Å². The molecule has 0 bridgehead atoms. The second-order valence-corrected chi connectivity index (χ2v) is 30.3. The first kappa shape index (κ1) is 65.8. The first-order valence-corrected chi connectivity index (χ1v) is 39.2. The molecule has 0 N–H and O–H groups in total. The van der Waals surface area contributed by atoms with E-state index in [2.05, 4.69) is 373 Å². The molecular formula is C102H64N8S2. The molecule has 22 rings (SSSR count). The third-order valence-electron chi connectivity index (χ3n) is 21.3. The number of fused-ring (bicyclic) bond motifs is 12. The van der Waals surface area contributed by atoms with E-state index in [-0.39, 0.29) is 0 Å². The summed E-state index contributed by atoms with van der Waals surface area (Å²) in [4.78, 5) is 30.8. The van der Waals surface area contributed by atoms with Gasteiger partial charge in [-0.2, -0.15) is 0 Å². The van der Waals surface area contributed by atoms with Crippen molar-refractivity contribution < 1.29 is 0 Å². The van der Waals surface area contributed by atoms with Crippen LogP contribution in [0.2, 0.25) is 0 Å². The minimum absolute atomic E-state index is 0.632. The Balaban J connectivity index is 0.000000141. The molecule has 0 spiro atoms. The molecule has 0 radical (unpaired) electrons. The van der Waals surface area contributed by atoms with E-state index in [9.17, 15) is 0 Å². The third kappa shape index (κ3) is 12.0. The van der Waals surface area contributed by atoms with E-state index >= 15 is 0 Å². The van der Waals surface area contributed by atoms with E-state index < -0.39 is 0 Å². The minimum Gasteiger partial charge on any atom is -0.309 e. The number of hydrogen-bond acceptors (Lipinski definition) is 8. The predicted molar refractivity (Wildman–Crippen MR) is 468 cm³/mol. The molecule has 0 aliphatic rings. The molecule has 524 valence electrons. The van der Waals surface area contributed by atoms with E-state index in [0.29, 0.717) is 34.9 Å². The van der Waals surface area contributed by atoms with Gasteiger partial charge in [-0.3, -0.25) is 0 Å². The van der Waals surface area contributed by atoms with Gasteiger partial charge in [-0.25, -0.2) is 29.9 Å². The van der Waals surface area contributed by atoms with Gasteiger partial charge in [-0.05, 0) is 148 Å². The van der Waals surface area contributed by atoms with Crippen LogP contribution in [0.3, 0.4) is 0 Å². The number of para-hydroxylation sites is 3. The molecule has 8 nitrogen and oxygen atoms in total. The Kier molecular flexibility index (Phi) is 16.4.